The second kappa shape index (κ2) is 2.86. The molecule has 56 valence electrons. The molecule has 0 aromatic carbocycles. The molecule has 1 aromatic rings. The standard InChI is InChI=1S/C8H14N2/c1-4-7-6-9-8(5-2)10(7)3/h6H,4-5H2,1-3H3/p+1. The number of aromatic amines is 1. The van der Waals surface area contributed by atoms with Gasteiger partial charge in [-0.15, -0.1) is 0 Å². The number of imidazole rings is 1. The summed E-state index contributed by atoms with van der Waals surface area (Å²) in [6.07, 6.45) is 4.27. The molecule has 1 aromatic heterocycles. The maximum absolute atomic E-state index is 3.24. The molecule has 0 fully saturated rings. The number of nitrogens with zero attached hydrogens (tertiary/aromatic N) is 1. The summed E-state index contributed by atoms with van der Waals surface area (Å²) in [6.45, 7) is 4.33. The fraction of sp³-hybridized carbons (Fsp3) is 0.625. The lowest BCUT2D eigenvalue weighted by Crippen LogP contribution is -2.34. The van der Waals surface area contributed by atoms with Gasteiger partial charge in [0.2, 0.25) is 0 Å². The van der Waals surface area contributed by atoms with Gasteiger partial charge in [-0.2, -0.15) is 0 Å². The first-order valence-electron chi connectivity index (χ1n) is 3.84. The number of aromatic nitrogens is 2. The Morgan fingerprint density at radius 2 is 2.10 bits per heavy atom. The van der Waals surface area contributed by atoms with Gasteiger partial charge < -0.3 is 0 Å². The summed E-state index contributed by atoms with van der Waals surface area (Å²) in [4.78, 5) is 3.24. The van der Waals surface area contributed by atoms with Crippen LogP contribution in [-0.4, -0.2) is 4.98 Å². The smallest absolute Gasteiger partial charge is 0.247 e. The van der Waals surface area contributed by atoms with Crippen molar-refractivity contribution in [1.82, 2.24) is 4.98 Å². The molecule has 0 saturated heterocycles. The third-order valence-electron chi connectivity index (χ3n) is 1.94. The topological polar surface area (TPSA) is 19.7 Å². The van der Waals surface area contributed by atoms with Crippen LogP contribution in [0.5, 0.6) is 0 Å². The minimum Gasteiger partial charge on any atom is -0.247 e. The van der Waals surface area contributed by atoms with E-state index in [4.69, 9.17) is 0 Å². The van der Waals surface area contributed by atoms with Crippen LogP contribution in [0, 0.1) is 0 Å². The van der Waals surface area contributed by atoms with Crippen molar-refractivity contribution in [2.75, 3.05) is 0 Å². The Kier molecular flexibility index (Phi) is 2.10. The van der Waals surface area contributed by atoms with Crippen LogP contribution in [-0.2, 0) is 19.9 Å². The lowest BCUT2D eigenvalue weighted by Gasteiger charge is -1.91. The molecule has 1 heterocycles. The minimum atomic E-state index is 1.08. The molecule has 1 rings (SSSR count). The van der Waals surface area contributed by atoms with E-state index in [9.17, 15) is 0 Å². The summed E-state index contributed by atoms with van der Waals surface area (Å²) in [5, 5.41) is 0. The fourth-order valence-corrected chi connectivity index (χ4v) is 1.21. The molecule has 0 aliphatic heterocycles. The highest BCUT2D eigenvalue weighted by molar-refractivity contribution is 4.90. The van der Waals surface area contributed by atoms with E-state index in [0.717, 1.165) is 12.8 Å². The second-order valence-corrected chi connectivity index (χ2v) is 2.49. The van der Waals surface area contributed by atoms with Gasteiger partial charge in [0.05, 0.1) is 7.05 Å². The molecule has 2 heteroatoms. The third kappa shape index (κ3) is 1.06. The first-order chi connectivity index (χ1) is 4.79. The number of H-pyrrole nitrogens is 1. The minimum absolute atomic E-state index is 1.08. The molecule has 1 N–H and O–H groups in total. The summed E-state index contributed by atoms with van der Waals surface area (Å²) in [6, 6.07) is 0. The Bertz CT molecular complexity index is 192. The van der Waals surface area contributed by atoms with E-state index in [1.807, 2.05) is 0 Å². The van der Waals surface area contributed by atoms with Crippen LogP contribution in [0.4, 0.5) is 0 Å². The van der Waals surface area contributed by atoms with Gasteiger partial charge >= 0.3 is 0 Å². The van der Waals surface area contributed by atoms with E-state index in [2.05, 4.69) is 36.6 Å². The lowest BCUT2D eigenvalue weighted by molar-refractivity contribution is -0.684. The van der Waals surface area contributed by atoms with Crippen molar-refractivity contribution in [2.24, 2.45) is 7.05 Å². The van der Waals surface area contributed by atoms with E-state index in [1.54, 1.807) is 0 Å². The van der Waals surface area contributed by atoms with E-state index in [-0.39, 0.29) is 0 Å². The zero-order chi connectivity index (χ0) is 7.56. The van der Waals surface area contributed by atoms with Gasteiger partial charge in [0, 0.05) is 12.8 Å². The van der Waals surface area contributed by atoms with Crippen LogP contribution < -0.4 is 4.57 Å². The molecule has 0 atom stereocenters. The van der Waals surface area contributed by atoms with Crippen molar-refractivity contribution < 1.29 is 4.57 Å². The van der Waals surface area contributed by atoms with Crippen molar-refractivity contribution in [3.8, 4) is 0 Å². The third-order valence-corrected chi connectivity index (χ3v) is 1.94. The average Bonchev–Trinajstić information content (AvgIpc) is 2.30. The predicted octanol–water partition coefficient (Wildman–Crippen LogP) is 0.964. The van der Waals surface area contributed by atoms with E-state index in [0.29, 0.717) is 0 Å². The first-order valence-corrected chi connectivity index (χ1v) is 3.84. The van der Waals surface area contributed by atoms with Gasteiger partial charge in [0.1, 0.15) is 11.9 Å². The zero-order valence-corrected chi connectivity index (χ0v) is 6.94. The van der Waals surface area contributed by atoms with Crippen molar-refractivity contribution >= 4 is 0 Å². The van der Waals surface area contributed by atoms with E-state index < -0.39 is 0 Å². The highest BCUT2D eigenvalue weighted by Gasteiger charge is 2.08. The molecule has 0 aliphatic carbocycles. The Morgan fingerprint density at radius 3 is 2.40 bits per heavy atom. The Labute approximate surface area is 61.9 Å². The first kappa shape index (κ1) is 7.32. The highest BCUT2D eigenvalue weighted by atomic mass is 15.1. The molecule has 0 saturated carbocycles. The van der Waals surface area contributed by atoms with Crippen LogP contribution >= 0.6 is 0 Å². The van der Waals surface area contributed by atoms with E-state index in [1.165, 1.54) is 11.5 Å². The maximum atomic E-state index is 3.24. The number of hydrogen-bond donors (Lipinski definition) is 1. The van der Waals surface area contributed by atoms with Gasteiger partial charge in [0.15, 0.2) is 0 Å². The van der Waals surface area contributed by atoms with Gasteiger partial charge in [-0.25, -0.2) is 9.55 Å². The van der Waals surface area contributed by atoms with Crippen molar-refractivity contribution in [3.63, 3.8) is 0 Å². The molecule has 0 aliphatic rings. The van der Waals surface area contributed by atoms with Crippen molar-refractivity contribution in [2.45, 2.75) is 26.7 Å². The number of rotatable bonds is 2. The maximum Gasteiger partial charge on any atom is 0.253 e. The summed E-state index contributed by atoms with van der Waals surface area (Å²) in [5.74, 6) is 1.30. The van der Waals surface area contributed by atoms with Crippen LogP contribution in [0.15, 0.2) is 6.20 Å². The SMILES string of the molecule is CCc1c[nH]c(CC)[n+]1C. The van der Waals surface area contributed by atoms with Gasteiger partial charge in [-0.3, -0.25) is 0 Å². The lowest BCUT2D eigenvalue weighted by atomic mass is 10.4. The van der Waals surface area contributed by atoms with Crippen molar-refractivity contribution in [1.29, 1.82) is 0 Å². The number of hydrogen-bond acceptors (Lipinski definition) is 0. The Hall–Kier alpha value is -0.790. The molecule has 0 spiro atoms. The number of nitrogens with one attached hydrogen (secondary N) is 1. The summed E-state index contributed by atoms with van der Waals surface area (Å²) in [5.41, 5.74) is 1.37. The molecule has 0 unspecified atom stereocenters. The van der Waals surface area contributed by atoms with Gasteiger partial charge in [-0.05, 0) is 0 Å². The van der Waals surface area contributed by atoms with Crippen LogP contribution in [0.25, 0.3) is 0 Å². The molecular formula is C8H15N2+. The second-order valence-electron chi connectivity index (χ2n) is 2.49. The Morgan fingerprint density at radius 1 is 1.40 bits per heavy atom. The molecular weight excluding hydrogens is 124 g/mol. The highest BCUT2D eigenvalue weighted by Crippen LogP contribution is 1.94. The molecule has 2 nitrogen and oxygen atoms in total. The van der Waals surface area contributed by atoms with Crippen LogP contribution in [0.2, 0.25) is 0 Å². The van der Waals surface area contributed by atoms with Gasteiger partial charge in [0.25, 0.3) is 5.82 Å². The van der Waals surface area contributed by atoms with Crippen LogP contribution in [0.1, 0.15) is 25.4 Å². The largest absolute Gasteiger partial charge is 0.253 e. The zero-order valence-electron chi connectivity index (χ0n) is 6.94. The average molecular weight is 139 g/mol. The van der Waals surface area contributed by atoms with E-state index >= 15 is 0 Å². The summed E-state index contributed by atoms with van der Waals surface area (Å²) in [7, 11) is 2.11. The van der Waals surface area contributed by atoms with Crippen LogP contribution in [0.3, 0.4) is 0 Å². The summed E-state index contributed by atoms with van der Waals surface area (Å²) < 4.78 is 2.22. The Balaban J connectivity index is 2.97. The predicted molar refractivity (Wildman–Crippen MR) is 40.7 cm³/mol. The molecule has 0 amide bonds. The van der Waals surface area contributed by atoms with Crippen molar-refractivity contribution in [3.05, 3.63) is 17.7 Å². The fourth-order valence-electron chi connectivity index (χ4n) is 1.21. The monoisotopic (exact) mass is 139 g/mol. The molecule has 0 bridgehead atoms. The quantitative estimate of drug-likeness (QED) is 0.589. The normalized spacial score (nSPS) is 10.3. The summed E-state index contributed by atoms with van der Waals surface area (Å²) >= 11 is 0. The number of aryl methyl sites for hydroxylation is 2. The molecule has 10 heavy (non-hydrogen) atoms. The molecule has 0 radical (unpaired) electrons. The van der Waals surface area contributed by atoms with Gasteiger partial charge in [-0.1, -0.05) is 13.8 Å².